The molecule has 0 N–H and O–H groups in total. The fraction of sp³-hybridized carbons (Fsp3) is 0.429. The first-order chi connectivity index (χ1) is 8.18. The quantitative estimate of drug-likeness (QED) is 0.566. The van der Waals surface area contributed by atoms with E-state index in [0.717, 1.165) is 11.8 Å². The summed E-state index contributed by atoms with van der Waals surface area (Å²) in [7, 11) is 0. The van der Waals surface area contributed by atoms with Gasteiger partial charge in [0.25, 0.3) is 0 Å². The van der Waals surface area contributed by atoms with Crippen LogP contribution in [0.3, 0.4) is 0 Å². The molecule has 0 spiro atoms. The summed E-state index contributed by atoms with van der Waals surface area (Å²) in [6.45, 7) is 2.37. The van der Waals surface area contributed by atoms with Crippen molar-refractivity contribution in [2.45, 2.75) is 24.6 Å². The summed E-state index contributed by atoms with van der Waals surface area (Å²) in [5, 5.41) is 3.71. The van der Waals surface area contributed by atoms with Crippen molar-refractivity contribution >= 4 is 53.3 Å². The summed E-state index contributed by atoms with van der Waals surface area (Å²) in [5.74, 6) is 1.67. The highest BCUT2D eigenvalue weighted by Crippen LogP contribution is 2.48. The molecular weight excluding hydrogens is 360 g/mol. The van der Waals surface area contributed by atoms with Gasteiger partial charge in [0.05, 0.1) is 0 Å². The summed E-state index contributed by atoms with van der Waals surface area (Å²) in [5.41, 5.74) is 1.46. The normalized spacial score (nSPS) is 19.5. The number of hydrogen-bond acceptors (Lipinski definition) is 1. The van der Waals surface area contributed by atoms with E-state index < -0.39 is 0 Å². The molecule has 17 heavy (non-hydrogen) atoms. The van der Waals surface area contributed by atoms with Crippen molar-refractivity contribution in [3.63, 3.8) is 0 Å². The second-order valence-electron chi connectivity index (χ2n) is 4.91. The lowest BCUT2D eigenvalue weighted by atomic mass is 9.96. The van der Waals surface area contributed by atoms with Gasteiger partial charge in [-0.2, -0.15) is 0 Å². The minimum Gasteiger partial charge on any atom is -0.142 e. The van der Waals surface area contributed by atoms with Crippen LogP contribution in [0.4, 0.5) is 0 Å². The maximum atomic E-state index is 3.91. The van der Waals surface area contributed by atoms with Gasteiger partial charge in [0.2, 0.25) is 0 Å². The van der Waals surface area contributed by atoms with E-state index in [-0.39, 0.29) is 0 Å². The lowest BCUT2D eigenvalue weighted by Gasteiger charge is -2.17. The second kappa shape index (κ2) is 4.67. The van der Waals surface area contributed by atoms with E-state index in [0.29, 0.717) is 4.83 Å². The molecule has 0 bridgehead atoms. The third-order valence-electron chi connectivity index (χ3n) is 3.71. The Morgan fingerprint density at radius 2 is 2.12 bits per heavy atom. The summed E-state index contributed by atoms with van der Waals surface area (Å²) in [6.07, 6.45) is 2.82. The molecule has 90 valence electrons. The Morgan fingerprint density at radius 3 is 2.82 bits per heavy atom. The maximum Gasteiger partial charge on any atom is 0.0488 e. The SMILES string of the molecule is CC(C1CC1)C(Br)c1csc2c(Br)cccc12. The fourth-order valence-corrected chi connectivity index (χ4v) is 5.04. The highest BCUT2D eigenvalue weighted by molar-refractivity contribution is 9.10. The Hall–Kier alpha value is 0.140. The molecule has 1 saturated carbocycles. The first-order valence-corrected chi connectivity index (χ1v) is 8.57. The molecule has 0 saturated heterocycles. The van der Waals surface area contributed by atoms with Crippen LogP contribution in [-0.4, -0.2) is 0 Å². The zero-order valence-corrected chi connectivity index (χ0v) is 13.6. The zero-order valence-electron chi connectivity index (χ0n) is 9.62. The van der Waals surface area contributed by atoms with E-state index >= 15 is 0 Å². The number of halogens is 2. The number of alkyl halides is 1. The van der Waals surface area contributed by atoms with Gasteiger partial charge in [-0.15, -0.1) is 11.3 Å². The van der Waals surface area contributed by atoms with E-state index in [2.05, 4.69) is 62.4 Å². The zero-order chi connectivity index (χ0) is 12.0. The van der Waals surface area contributed by atoms with Crippen molar-refractivity contribution in [2.24, 2.45) is 11.8 Å². The smallest absolute Gasteiger partial charge is 0.0488 e. The molecule has 1 aromatic heterocycles. The highest BCUT2D eigenvalue weighted by atomic mass is 79.9. The van der Waals surface area contributed by atoms with Crippen LogP contribution < -0.4 is 0 Å². The first-order valence-electron chi connectivity index (χ1n) is 5.98. The van der Waals surface area contributed by atoms with Crippen LogP contribution in [0.15, 0.2) is 28.1 Å². The highest BCUT2D eigenvalue weighted by Gasteiger charge is 2.33. The van der Waals surface area contributed by atoms with Crippen molar-refractivity contribution in [3.05, 3.63) is 33.6 Å². The number of rotatable bonds is 3. The Balaban J connectivity index is 2.02. The predicted octanol–water partition coefficient (Wildman–Crippen LogP) is 6.15. The van der Waals surface area contributed by atoms with Crippen molar-refractivity contribution < 1.29 is 0 Å². The Bertz CT molecular complexity index is 542. The van der Waals surface area contributed by atoms with Crippen molar-refractivity contribution in [2.75, 3.05) is 0 Å². The monoisotopic (exact) mass is 372 g/mol. The van der Waals surface area contributed by atoms with Gasteiger partial charge in [0.15, 0.2) is 0 Å². The molecule has 1 aromatic carbocycles. The summed E-state index contributed by atoms with van der Waals surface area (Å²) in [4.78, 5) is 0.498. The van der Waals surface area contributed by atoms with Gasteiger partial charge in [-0.1, -0.05) is 35.0 Å². The largest absolute Gasteiger partial charge is 0.142 e. The van der Waals surface area contributed by atoms with Gasteiger partial charge in [-0.25, -0.2) is 0 Å². The van der Waals surface area contributed by atoms with Crippen molar-refractivity contribution in [3.8, 4) is 0 Å². The van der Waals surface area contributed by atoms with Gasteiger partial charge in [-0.3, -0.25) is 0 Å². The molecule has 1 fully saturated rings. The second-order valence-corrected chi connectivity index (χ2v) is 7.63. The summed E-state index contributed by atoms with van der Waals surface area (Å²) < 4.78 is 2.58. The number of fused-ring (bicyclic) bond motifs is 1. The van der Waals surface area contributed by atoms with Crippen LogP contribution in [0, 0.1) is 11.8 Å². The van der Waals surface area contributed by atoms with Gasteiger partial charge < -0.3 is 0 Å². The van der Waals surface area contributed by atoms with Crippen LogP contribution in [0.25, 0.3) is 10.1 Å². The van der Waals surface area contributed by atoms with E-state index in [1.807, 2.05) is 11.3 Å². The first kappa shape index (κ1) is 12.2. The molecule has 0 radical (unpaired) electrons. The topological polar surface area (TPSA) is 0 Å². The molecule has 1 aliphatic carbocycles. The molecule has 1 aliphatic rings. The van der Waals surface area contributed by atoms with Crippen molar-refractivity contribution in [1.82, 2.24) is 0 Å². The van der Waals surface area contributed by atoms with Crippen LogP contribution in [-0.2, 0) is 0 Å². The van der Waals surface area contributed by atoms with E-state index in [1.165, 1.54) is 33.0 Å². The molecule has 2 aromatic rings. The van der Waals surface area contributed by atoms with E-state index in [4.69, 9.17) is 0 Å². The molecule has 0 amide bonds. The summed E-state index contributed by atoms with van der Waals surface area (Å²) >= 11 is 9.38. The predicted molar refractivity (Wildman–Crippen MR) is 83.1 cm³/mol. The number of benzene rings is 1. The lowest BCUT2D eigenvalue weighted by Crippen LogP contribution is -2.04. The Morgan fingerprint density at radius 1 is 1.35 bits per heavy atom. The molecule has 0 aliphatic heterocycles. The fourth-order valence-electron chi connectivity index (χ4n) is 2.40. The summed E-state index contributed by atoms with van der Waals surface area (Å²) in [6, 6.07) is 6.49. The van der Waals surface area contributed by atoms with Gasteiger partial charge in [-0.05, 0) is 63.0 Å². The van der Waals surface area contributed by atoms with E-state index in [9.17, 15) is 0 Å². The third kappa shape index (κ3) is 2.22. The molecule has 0 nitrogen and oxygen atoms in total. The Labute approximate surface area is 123 Å². The van der Waals surface area contributed by atoms with Crippen LogP contribution in [0.1, 0.15) is 30.2 Å². The minimum absolute atomic E-state index is 0.498. The average Bonchev–Trinajstić information content (AvgIpc) is 3.08. The minimum atomic E-state index is 0.498. The lowest BCUT2D eigenvalue weighted by molar-refractivity contribution is 0.505. The van der Waals surface area contributed by atoms with E-state index in [1.54, 1.807) is 0 Å². The van der Waals surface area contributed by atoms with Gasteiger partial charge >= 0.3 is 0 Å². The molecule has 3 rings (SSSR count). The molecule has 3 heteroatoms. The average molecular weight is 374 g/mol. The van der Waals surface area contributed by atoms with Gasteiger partial charge in [0, 0.05) is 14.0 Å². The van der Waals surface area contributed by atoms with Gasteiger partial charge in [0.1, 0.15) is 0 Å². The van der Waals surface area contributed by atoms with Crippen LogP contribution in [0.2, 0.25) is 0 Å². The maximum absolute atomic E-state index is 3.91. The third-order valence-corrected chi connectivity index (χ3v) is 7.00. The molecular formula is C14H14Br2S. The molecule has 1 heterocycles. The number of hydrogen-bond donors (Lipinski definition) is 0. The molecule has 2 unspecified atom stereocenters. The van der Waals surface area contributed by atoms with Crippen molar-refractivity contribution in [1.29, 1.82) is 0 Å². The Kier molecular flexibility index (Phi) is 3.35. The van der Waals surface area contributed by atoms with Crippen LogP contribution >= 0.6 is 43.2 Å². The van der Waals surface area contributed by atoms with Crippen LogP contribution in [0.5, 0.6) is 0 Å². The molecule has 2 atom stereocenters. The standard InChI is InChI=1S/C14H14Br2S/c1-8(9-5-6-9)13(16)11-7-17-14-10(11)3-2-4-12(14)15/h2-4,7-9,13H,5-6H2,1H3. The number of thiophene rings is 1.